The van der Waals surface area contributed by atoms with Crippen LogP contribution in [-0.2, 0) is 6.54 Å². The normalized spacial score (nSPS) is 21.3. The Kier molecular flexibility index (Phi) is 4.87. The van der Waals surface area contributed by atoms with Gasteiger partial charge in [-0.3, -0.25) is 4.90 Å². The van der Waals surface area contributed by atoms with E-state index in [0.29, 0.717) is 6.04 Å². The first-order chi connectivity index (χ1) is 9.72. The molecule has 1 aromatic carbocycles. The zero-order valence-corrected chi connectivity index (χ0v) is 13.3. The monoisotopic (exact) mass is 312 g/mol. The third-order valence-electron chi connectivity index (χ3n) is 4.42. The molecule has 2 fully saturated rings. The second-order valence-electron chi connectivity index (χ2n) is 6.10. The van der Waals surface area contributed by atoms with Gasteiger partial charge in [0.15, 0.2) is 0 Å². The van der Waals surface area contributed by atoms with Gasteiger partial charge in [-0.15, -0.1) is 0 Å². The average Bonchev–Trinajstić information content (AvgIpc) is 3.26. The Hall–Kier alpha value is -0.280. The first-order valence-corrected chi connectivity index (χ1v) is 8.36. The molecule has 0 amide bonds. The molecule has 0 bridgehead atoms. The minimum atomic E-state index is 0.702. The predicted octanol–water partition coefficient (Wildman–Crippen LogP) is 3.96. The number of nitrogens with zero attached hydrogens (tertiary/aromatic N) is 1. The van der Waals surface area contributed by atoms with E-state index in [1.807, 2.05) is 18.2 Å². The molecule has 0 radical (unpaired) electrons. The summed E-state index contributed by atoms with van der Waals surface area (Å²) in [6, 6.07) is 6.45. The zero-order valence-electron chi connectivity index (χ0n) is 11.7. The molecule has 3 rings (SSSR count). The summed E-state index contributed by atoms with van der Waals surface area (Å²) < 4.78 is 0. The fourth-order valence-corrected chi connectivity index (χ4v) is 3.37. The summed E-state index contributed by atoms with van der Waals surface area (Å²) in [6.45, 7) is 4.35. The van der Waals surface area contributed by atoms with Gasteiger partial charge in [-0.2, -0.15) is 0 Å². The number of nitrogens with one attached hydrogen (secondary N) is 1. The Balaban J connectivity index is 1.48. The molecule has 4 heteroatoms. The van der Waals surface area contributed by atoms with Crippen LogP contribution in [0.25, 0.3) is 0 Å². The SMILES string of the molecule is Clc1cccc(Cl)c1CN1CCC(NCC2CC2)CC1. The van der Waals surface area contributed by atoms with Crippen LogP contribution in [0.3, 0.4) is 0 Å². The largest absolute Gasteiger partial charge is 0.314 e. The molecule has 0 aromatic heterocycles. The molecule has 1 saturated heterocycles. The smallest absolute Gasteiger partial charge is 0.0465 e. The molecule has 0 spiro atoms. The van der Waals surface area contributed by atoms with E-state index < -0.39 is 0 Å². The number of hydrogen-bond donors (Lipinski definition) is 1. The Morgan fingerprint density at radius 3 is 2.30 bits per heavy atom. The number of benzene rings is 1. The van der Waals surface area contributed by atoms with Crippen molar-refractivity contribution in [3.05, 3.63) is 33.8 Å². The summed E-state index contributed by atoms with van der Waals surface area (Å²) in [7, 11) is 0. The molecule has 2 nitrogen and oxygen atoms in total. The standard InChI is InChI=1S/C16H22Cl2N2/c17-15-2-1-3-16(18)14(15)11-20-8-6-13(7-9-20)19-10-12-4-5-12/h1-3,12-13,19H,4-11H2. The maximum absolute atomic E-state index is 6.25. The van der Waals surface area contributed by atoms with Crippen LogP contribution in [0.2, 0.25) is 10.0 Å². The van der Waals surface area contributed by atoms with Gasteiger partial charge in [0.2, 0.25) is 0 Å². The van der Waals surface area contributed by atoms with Gasteiger partial charge in [0.25, 0.3) is 0 Å². The summed E-state index contributed by atoms with van der Waals surface area (Å²) in [6.07, 6.45) is 5.32. The highest BCUT2D eigenvalue weighted by molar-refractivity contribution is 6.35. The second-order valence-corrected chi connectivity index (χ2v) is 6.92. The van der Waals surface area contributed by atoms with Crippen molar-refractivity contribution in [1.29, 1.82) is 0 Å². The first kappa shape index (κ1) is 14.6. The Morgan fingerprint density at radius 2 is 1.70 bits per heavy atom. The molecular formula is C16H22Cl2N2. The maximum Gasteiger partial charge on any atom is 0.0465 e. The second kappa shape index (κ2) is 6.65. The van der Waals surface area contributed by atoms with Gasteiger partial charge in [-0.05, 0) is 63.4 Å². The summed E-state index contributed by atoms with van der Waals surface area (Å²) >= 11 is 12.5. The minimum absolute atomic E-state index is 0.702. The summed E-state index contributed by atoms with van der Waals surface area (Å²) in [5.41, 5.74) is 1.07. The molecule has 2 aliphatic rings. The van der Waals surface area contributed by atoms with Gasteiger partial charge < -0.3 is 5.32 Å². The van der Waals surface area contributed by atoms with Crippen molar-refractivity contribution < 1.29 is 0 Å². The Bertz CT molecular complexity index is 432. The van der Waals surface area contributed by atoms with Crippen LogP contribution in [0.5, 0.6) is 0 Å². The topological polar surface area (TPSA) is 15.3 Å². The van der Waals surface area contributed by atoms with Crippen molar-refractivity contribution in [3.63, 3.8) is 0 Å². The molecule has 0 unspecified atom stereocenters. The summed E-state index contributed by atoms with van der Waals surface area (Å²) in [5, 5.41) is 5.28. The molecule has 1 aliphatic heterocycles. The molecule has 110 valence electrons. The summed E-state index contributed by atoms with van der Waals surface area (Å²) in [4.78, 5) is 2.46. The number of halogens is 2. The van der Waals surface area contributed by atoms with E-state index >= 15 is 0 Å². The Labute approximate surface area is 131 Å². The molecule has 0 atom stereocenters. The third-order valence-corrected chi connectivity index (χ3v) is 5.13. The predicted molar refractivity (Wildman–Crippen MR) is 85.5 cm³/mol. The van der Waals surface area contributed by atoms with Gasteiger partial charge in [0.1, 0.15) is 0 Å². The molecule has 1 aliphatic carbocycles. The van der Waals surface area contributed by atoms with Crippen molar-refractivity contribution in [1.82, 2.24) is 10.2 Å². The van der Waals surface area contributed by atoms with Crippen molar-refractivity contribution in [2.24, 2.45) is 5.92 Å². The van der Waals surface area contributed by atoms with E-state index in [0.717, 1.165) is 41.2 Å². The molecule has 1 N–H and O–H groups in total. The van der Waals surface area contributed by atoms with Crippen molar-refractivity contribution in [3.8, 4) is 0 Å². The number of piperidine rings is 1. The number of rotatable bonds is 5. The van der Waals surface area contributed by atoms with Crippen molar-refractivity contribution in [2.75, 3.05) is 19.6 Å². The Morgan fingerprint density at radius 1 is 1.05 bits per heavy atom. The fourth-order valence-electron chi connectivity index (χ4n) is 2.86. The molecule has 1 heterocycles. The van der Waals surface area contributed by atoms with Gasteiger partial charge in [-0.1, -0.05) is 29.3 Å². The van der Waals surface area contributed by atoms with Crippen LogP contribution in [0, 0.1) is 5.92 Å². The molecule has 1 aromatic rings. The van der Waals surface area contributed by atoms with E-state index in [-0.39, 0.29) is 0 Å². The van der Waals surface area contributed by atoms with E-state index in [2.05, 4.69) is 10.2 Å². The van der Waals surface area contributed by atoms with E-state index in [1.54, 1.807) is 0 Å². The maximum atomic E-state index is 6.25. The highest BCUT2D eigenvalue weighted by Gasteiger charge is 2.24. The van der Waals surface area contributed by atoms with Crippen molar-refractivity contribution >= 4 is 23.2 Å². The van der Waals surface area contributed by atoms with E-state index in [9.17, 15) is 0 Å². The van der Waals surface area contributed by atoms with Gasteiger partial charge >= 0.3 is 0 Å². The lowest BCUT2D eigenvalue weighted by atomic mass is 10.0. The molecule has 20 heavy (non-hydrogen) atoms. The molecule has 1 saturated carbocycles. The van der Waals surface area contributed by atoms with Crippen molar-refractivity contribution in [2.45, 2.75) is 38.3 Å². The minimum Gasteiger partial charge on any atom is -0.314 e. The average molecular weight is 313 g/mol. The highest BCUT2D eigenvalue weighted by atomic mass is 35.5. The first-order valence-electron chi connectivity index (χ1n) is 7.61. The lowest BCUT2D eigenvalue weighted by molar-refractivity contribution is 0.190. The van der Waals surface area contributed by atoms with Gasteiger partial charge in [0, 0.05) is 28.2 Å². The lowest BCUT2D eigenvalue weighted by Crippen LogP contribution is -2.42. The fraction of sp³-hybridized carbons (Fsp3) is 0.625. The zero-order chi connectivity index (χ0) is 13.9. The lowest BCUT2D eigenvalue weighted by Gasteiger charge is -2.32. The van der Waals surface area contributed by atoms with Crippen LogP contribution < -0.4 is 5.32 Å². The van der Waals surface area contributed by atoms with Crippen LogP contribution >= 0.6 is 23.2 Å². The van der Waals surface area contributed by atoms with E-state index in [4.69, 9.17) is 23.2 Å². The number of hydrogen-bond acceptors (Lipinski definition) is 2. The van der Waals surface area contributed by atoms with Crippen LogP contribution in [0.15, 0.2) is 18.2 Å². The molecular weight excluding hydrogens is 291 g/mol. The van der Waals surface area contributed by atoms with Gasteiger partial charge in [0.05, 0.1) is 0 Å². The van der Waals surface area contributed by atoms with E-state index in [1.165, 1.54) is 32.2 Å². The summed E-state index contributed by atoms with van der Waals surface area (Å²) in [5.74, 6) is 0.968. The van der Waals surface area contributed by atoms with Crippen LogP contribution in [0.1, 0.15) is 31.2 Å². The quantitative estimate of drug-likeness (QED) is 0.885. The highest BCUT2D eigenvalue weighted by Crippen LogP contribution is 2.29. The van der Waals surface area contributed by atoms with Crippen LogP contribution in [-0.4, -0.2) is 30.6 Å². The third kappa shape index (κ3) is 3.88. The van der Waals surface area contributed by atoms with Crippen LogP contribution in [0.4, 0.5) is 0 Å². The van der Waals surface area contributed by atoms with Gasteiger partial charge in [-0.25, -0.2) is 0 Å². The number of likely N-dealkylation sites (tertiary alicyclic amines) is 1.